The van der Waals surface area contributed by atoms with Gasteiger partial charge in [-0.3, -0.25) is 4.79 Å². The summed E-state index contributed by atoms with van der Waals surface area (Å²) in [6, 6.07) is 3.47. The highest BCUT2D eigenvalue weighted by atomic mass is 79.9. The van der Waals surface area contributed by atoms with E-state index in [0.29, 0.717) is 17.9 Å². The van der Waals surface area contributed by atoms with Crippen molar-refractivity contribution in [1.29, 1.82) is 0 Å². The van der Waals surface area contributed by atoms with Crippen LogP contribution in [0.25, 0.3) is 6.08 Å². The van der Waals surface area contributed by atoms with E-state index in [9.17, 15) is 9.59 Å². The molecule has 0 atom stereocenters. The van der Waals surface area contributed by atoms with Gasteiger partial charge in [-0.1, -0.05) is 6.08 Å². The summed E-state index contributed by atoms with van der Waals surface area (Å²) < 4.78 is 6.85. The summed E-state index contributed by atoms with van der Waals surface area (Å²) in [5, 5.41) is 8.44. The zero-order valence-corrected chi connectivity index (χ0v) is 12.6. The minimum Gasteiger partial charge on any atom is -0.492 e. The molecule has 0 amide bonds. The maximum absolute atomic E-state index is 10.9. The van der Waals surface area contributed by atoms with Crippen LogP contribution in [0.1, 0.15) is 12.5 Å². The quantitative estimate of drug-likeness (QED) is 0.631. The Morgan fingerprint density at radius 2 is 1.89 bits per heavy atom. The first-order chi connectivity index (χ1) is 8.45. The highest BCUT2D eigenvalue weighted by Gasteiger charge is 2.09. The fourth-order valence-corrected chi connectivity index (χ4v) is 2.65. The van der Waals surface area contributed by atoms with Crippen LogP contribution in [-0.2, 0) is 9.59 Å². The second kappa shape index (κ2) is 6.70. The molecule has 4 nitrogen and oxygen atoms in total. The number of aliphatic carboxylic acids is 1. The molecule has 0 aliphatic rings. The molecule has 0 saturated heterocycles. The van der Waals surface area contributed by atoms with Crippen LogP contribution in [-0.4, -0.2) is 23.5 Å². The second-order valence-electron chi connectivity index (χ2n) is 3.25. The summed E-state index contributed by atoms with van der Waals surface area (Å²) in [5.41, 5.74) is 0.687. The maximum Gasteiger partial charge on any atom is 0.376 e. The minimum absolute atomic E-state index is 0.532. The molecule has 0 heterocycles. The molecular formula is C12H10Br2O4. The number of ether oxygens (including phenoxy) is 1. The van der Waals surface area contributed by atoms with Crippen molar-refractivity contribution in [3.05, 3.63) is 32.7 Å². The number of halogens is 2. The van der Waals surface area contributed by atoms with Crippen LogP contribution < -0.4 is 4.74 Å². The summed E-state index contributed by atoms with van der Waals surface area (Å²) in [5.74, 6) is -1.77. The molecule has 18 heavy (non-hydrogen) atoms. The Morgan fingerprint density at radius 1 is 1.33 bits per heavy atom. The lowest BCUT2D eigenvalue weighted by Gasteiger charge is -2.09. The molecule has 0 spiro atoms. The lowest BCUT2D eigenvalue weighted by atomic mass is 10.2. The summed E-state index contributed by atoms with van der Waals surface area (Å²) in [6.45, 7) is 2.40. The zero-order valence-electron chi connectivity index (χ0n) is 9.44. The van der Waals surface area contributed by atoms with Crippen LogP contribution in [0.15, 0.2) is 27.2 Å². The average molecular weight is 378 g/mol. The first kappa shape index (κ1) is 14.9. The number of carboxylic acids is 1. The number of carbonyl (C=O) groups excluding carboxylic acids is 1. The van der Waals surface area contributed by atoms with E-state index < -0.39 is 11.8 Å². The van der Waals surface area contributed by atoms with E-state index in [0.717, 1.165) is 15.0 Å². The molecule has 0 saturated carbocycles. The number of benzene rings is 1. The zero-order chi connectivity index (χ0) is 13.7. The van der Waals surface area contributed by atoms with Gasteiger partial charge in [0.05, 0.1) is 15.6 Å². The van der Waals surface area contributed by atoms with Crippen molar-refractivity contribution < 1.29 is 19.4 Å². The smallest absolute Gasteiger partial charge is 0.376 e. The van der Waals surface area contributed by atoms with Gasteiger partial charge in [-0.25, -0.2) is 4.79 Å². The Labute approximate surface area is 121 Å². The number of ketones is 1. The number of hydrogen-bond acceptors (Lipinski definition) is 3. The van der Waals surface area contributed by atoms with E-state index in [4.69, 9.17) is 9.84 Å². The molecule has 1 aromatic carbocycles. The second-order valence-corrected chi connectivity index (χ2v) is 4.96. The molecule has 0 radical (unpaired) electrons. The average Bonchev–Trinajstić information content (AvgIpc) is 2.30. The van der Waals surface area contributed by atoms with Gasteiger partial charge in [-0.15, -0.1) is 0 Å². The van der Waals surface area contributed by atoms with Crippen molar-refractivity contribution in [2.75, 3.05) is 6.61 Å². The van der Waals surface area contributed by atoms with Gasteiger partial charge >= 0.3 is 5.97 Å². The van der Waals surface area contributed by atoms with E-state index in [-0.39, 0.29) is 0 Å². The monoisotopic (exact) mass is 376 g/mol. The Morgan fingerprint density at radius 3 is 2.33 bits per heavy atom. The molecule has 0 aliphatic heterocycles. The van der Waals surface area contributed by atoms with E-state index in [1.165, 1.54) is 6.08 Å². The fraction of sp³-hybridized carbons (Fsp3) is 0.167. The summed E-state index contributed by atoms with van der Waals surface area (Å²) in [6.07, 6.45) is 2.44. The minimum atomic E-state index is -1.48. The van der Waals surface area contributed by atoms with Crippen molar-refractivity contribution >= 4 is 49.7 Å². The van der Waals surface area contributed by atoms with Gasteiger partial charge in [0.2, 0.25) is 0 Å². The van der Waals surface area contributed by atoms with Gasteiger partial charge in [0.1, 0.15) is 5.75 Å². The number of rotatable bonds is 5. The highest BCUT2D eigenvalue weighted by Crippen LogP contribution is 2.35. The number of hydrogen-bond donors (Lipinski definition) is 1. The molecule has 6 heteroatoms. The van der Waals surface area contributed by atoms with E-state index in [1.54, 1.807) is 12.1 Å². The summed E-state index contributed by atoms with van der Waals surface area (Å²) in [4.78, 5) is 21.3. The third-order valence-corrected chi connectivity index (χ3v) is 3.13. The highest BCUT2D eigenvalue weighted by molar-refractivity contribution is 9.11. The first-order valence-corrected chi connectivity index (χ1v) is 6.61. The summed E-state index contributed by atoms with van der Waals surface area (Å²) >= 11 is 6.69. The maximum atomic E-state index is 10.9. The van der Waals surface area contributed by atoms with Crippen LogP contribution in [0.3, 0.4) is 0 Å². The van der Waals surface area contributed by atoms with Crippen LogP contribution in [0.4, 0.5) is 0 Å². The van der Waals surface area contributed by atoms with Crippen LogP contribution in [0, 0.1) is 0 Å². The van der Waals surface area contributed by atoms with Gasteiger partial charge in [0.25, 0.3) is 5.78 Å². The van der Waals surface area contributed by atoms with E-state index in [1.807, 2.05) is 6.92 Å². The standard InChI is InChI=1S/C12H10Br2O4/c1-2-18-11-8(13)5-7(6-9(11)14)3-4-10(15)12(16)17/h3-6H,2H2,1H3,(H,16,17)/b4-3+. The number of carbonyl (C=O) groups is 2. The SMILES string of the molecule is CCOc1c(Br)cc(/C=C/C(=O)C(=O)O)cc1Br. The van der Waals surface area contributed by atoms with Crippen LogP contribution in [0.2, 0.25) is 0 Å². The van der Waals surface area contributed by atoms with Gasteiger partial charge in [-0.2, -0.15) is 0 Å². The lowest BCUT2D eigenvalue weighted by molar-refractivity contribution is -0.146. The van der Waals surface area contributed by atoms with E-state index >= 15 is 0 Å². The van der Waals surface area contributed by atoms with Gasteiger partial charge in [0, 0.05) is 0 Å². The van der Waals surface area contributed by atoms with Gasteiger partial charge < -0.3 is 9.84 Å². The molecule has 0 fully saturated rings. The molecule has 1 aromatic rings. The predicted molar refractivity (Wildman–Crippen MR) is 74.7 cm³/mol. The topological polar surface area (TPSA) is 63.6 Å². The van der Waals surface area contributed by atoms with Gasteiger partial charge in [-0.05, 0) is 62.6 Å². The first-order valence-electron chi connectivity index (χ1n) is 5.03. The molecule has 0 bridgehead atoms. The predicted octanol–water partition coefficient (Wildman–Crippen LogP) is 3.28. The summed E-state index contributed by atoms with van der Waals surface area (Å²) in [7, 11) is 0. The molecule has 0 aliphatic carbocycles. The Kier molecular flexibility index (Phi) is 5.55. The Bertz CT molecular complexity index is 486. The largest absolute Gasteiger partial charge is 0.492 e. The van der Waals surface area contributed by atoms with Crippen molar-refractivity contribution in [1.82, 2.24) is 0 Å². The fourth-order valence-electron chi connectivity index (χ4n) is 1.20. The van der Waals surface area contributed by atoms with E-state index in [2.05, 4.69) is 31.9 Å². The molecular weight excluding hydrogens is 368 g/mol. The Hall–Kier alpha value is -1.14. The van der Waals surface area contributed by atoms with Crippen molar-refractivity contribution in [2.24, 2.45) is 0 Å². The third kappa shape index (κ3) is 3.96. The molecule has 0 unspecified atom stereocenters. The van der Waals surface area contributed by atoms with Gasteiger partial charge in [0.15, 0.2) is 0 Å². The van der Waals surface area contributed by atoms with Crippen molar-refractivity contribution in [2.45, 2.75) is 6.92 Å². The van der Waals surface area contributed by atoms with Crippen molar-refractivity contribution in [3.8, 4) is 5.75 Å². The molecule has 96 valence electrons. The van der Waals surface area contributed by atoms with Crippen molar-refractivity contribution in [3.63, 3.8) is 0 Å². The lowest BCUT2D eigenvalue weighted by Crippen LogP contribution is -2.08. The number of carboxylic acid groups (broad SMARTS) is 1. The van der Waals surface area contributed by atoms with Crippen LogP contribution in [0.5, 0.6) is 5.75 Å². The van der Waals surface area contributed by atoms with Crippen LogP contribution >= 0.6 is 31.9 Å². The molecule has 0 aromatic heterocycles. The third-order valence-electron chi connectivity index (χ3n) is 1.95. The molecule has 1 rings (SSSR count). The normalized spacial score (nSPS) is 10.6. The molecule has 1 N–H and O–H groups in total. The Balaban J connectivity index is 3.00.